The summed E-state index contributed by atoms with van der Waals surface area (Å²) in [5, 5.41) is 3.73. The average molecular weight is 268 g/mol. The van der Waals surface area contributed by atoms with Crippen LogP contribution in [0.3, 0.4) is 0 Å². The van der Waals surface area contributed by atoms with E-state index in [1.54, 1.807) is 0 Å². The normalized spacial score (nSPS) is 26.8. The number of hydrogen-bond donors (Lipinski definition) is 1. The topological polar surface area (TPSA) is 24.5 Å². The summed E-state index contributed by atoms with van der Waals surface area (Å²) in [4.78, 5) is 2.56. The Hall–Kier alpha value is -0.120. The van der Waals surface area contributed by atoms with Crippen molar-refractivity contribution in [3.05, 3.63) is 0 Å². The van der Waals surface area contributed by atoms with Gasteiger partial charge in [-0.15, -0.1) is 0 Å². The van der Waals surface area contributed by atoms with Gasteiger partial charge in [-0.2, -0.15) is 0 Å². The first kappa shape index (κ1) is 15.3. The second-order valence-corrected chi connectivity index (χ2v) is 6.58. The van der Waals surface area contributed by atoms with Gasteiger partial charge in [-0.25, -0.2) is 0 Å². The molecule has 0 amide bonds. The molecule has 0 spiro atoms. The molecule has 1 saturated heterocycles. The predicted octanol–water partition coefficient (Wildman–Crippen LogP) is 2.65. The van der Waals surface area contributed by atoms with Crippen LogP contribution in [0.15, 0.2) is 0 Å². The molecule has 0 bridgehead atoms. The highest BCUT2D eigenvalue weighted by Crippen LogP contribution is 2.34. The molecule has 2 fully saturated rings. The minimum Gasteiger partial charge on any atom is -0.374 e. The van der Waals surface area contributed by atoms with Crippen molar-refractivity contribution < 1.29 is 4.74 Å². The third-order valence-corrected chi connectivity index (χ3v) is 4.54. The summed E-state index contributed by atoms with van der Waals surface area (Å²) in [5.41, 5.74) is 0. The maximum absolute atomic E-state index is 6.07. The minimum absolute atomic E-state index is 0.390. The second-order valence-electron chi connectivity index (χ2n) is 6.58. The van der Waals surface area contributed by atoms with Crippen LogP contribution < -0.4 is 5.32 Å². The minimum atomic E-state index is 0.390. The maximum atomic E-state index is 6.07. The molecule has 2 rings (SSSR count). The van der Waals surface area contributed by atoms with Crippen LogP contribution in [0, 0.1) is 5.92 Å². The molecule has 19 heavy (non-hydrogen) atoms. The molecule has 0 aromatic heterocycles. The lowest BCUT2D eigenvalue weighted by Crippen LogP contribution is -2.54. The summed E-state index contributed by atoms with van der Waals surface area (Å²) in [7, 11) is 0. The zero-order valence-electron chi connectivity index (χ0n) is 13.0. The van der Waals surface area contributed by atoms with Crippen LogP contribution in [0.1, 0.15) is 52.9 Å². The monoisotopic (exact) mass is 268 g/mol. The van der Waals surface area contributed by atoms with E-state index in [0.717, 1.165) is 32.2 Å². The number of morpholine rings is 1. The van der Waals surface area contributed by atoms with Crippen LogP contribution >= 0.6 is 0 Å². The van der Waals surface area contributed by atoms with E-state index in [4.69, 9.17) is 4.74 Å². The number of nitrogens with one attached hydrogen (secondary N) is 1. The van der Waals surface area contributed by atoms with Gasteiger partial charge in [-0.3, -0.25) is 4.90 Å². The van der Waals surface area contributed by atoms with Crippen LogP contribution in [0.5, 0.6) is 0 Å². The van der Waals surface area contributed by atoms with Gasteiger partial charge in [0, 0.05) is 25.2 Å². The van der Waals surface area contributed by atoms with Gasteiger partial charge in [0.25, 0.3) is 0 Å². The van der Waals surface area contributed by atoms with Gasteiger partial charge in [0.1, 0.15) is 0 Å². The molecule has 0 aromatic carbocycles. The van der Waals surface area contributed by atoms with E-state index < -0.39 is 0 Å². The summed E-state index contributed by atoms with van der Waals surface area (Å²) >= 11 is 0. The van der Waals surface area contributed by atoms with Crippen molar-refractivity contribution in [3.8, 4) is 0 Å². The fourth-order valence-electron chi connectivity index (χ4n) is 2.98. The lowest BCUT2D eigenvalue weighted by Gasteiger charge is -2.39. The number of rotatable bonds is 8. The Morgan fingerprint density at radius 2 is 2.11 bits per heavy atom. The Bertz CT molecular complexity index is 253. The highest BCUT2D eigenvalue weighted by Gasteiger charge is 2.30. The van der Waals surface area contributed by atoms with Crippen LogP contribution in [0.2, 0.25) is 0 Å². The molecule has 1 N–H and O–H groups in total. The second kappa shape index (κ2) is 7.61. The van der Waals surface area contributed by atoms with E-state index >= 15 is 0 Å². The van der Waals surface area contributed by atoms with Gasteiger partial charge in [-0.1, -0.05) is 19.8 Å². The van der Waals surface area contributed by atoms with Crippen molar-refractivity contribution in [2.75, 3.05) is 26.2 Å². The average Bonchev–Trinajstić information content (AvgIpc) is 3.23. The summed E-state index contributed by atoms with van der Waals surface area (Å²) in [5.74, 6) is 1.02. The number of ether oxygens (including phenoxy) is 1. The SMILES string of the molecule is CCCNC(CCC1CC1)C1CN(C(C)C)CCO1. The Labute approximate surface area is 119 Å². The zero-order chi connectivity index (χ0) is 13.7. The third kappa shape index (κ3) is 5.05. The molecular weight excluding hydrogens is 236 g/mol. The van der Waals surface area contributed by atoms with Gasteiger partial charge < -0.3 is 10.1 Å². The number of hydrogen-bond acceptors (Lipinski definition) is 3. The summed E-state index contributed by atoms with van der Waals surface area (Å²) in [6.45, 7) is 11.0. The van der Waals surface area contributed by atoms with Gasteiger partial charge in [0.05, 0.1) is 12.7 Å². The molecule has 0 radical (unpaired) electrons. The van der Waals surface area contributed by atoms with Crippen LogP contribution in [0.25, 0.3) is 0 Å². The van der Waals surface area contributed by atoms with Crippen molar-refractivity contribution in [1.82, 2.24) is 10.2 Å². The van der Waals surface area contributed by atoms with Crippen LogP contribution in [-0.2, 0) is 4.74 Å². The smallest absolute Gasteiger partial charge is 0.0855 e. The van der Waals surface area contributed by atoms with E-state index in [9.17, 15) is 0 Å². The van der Waals surface area contributed by atoms with Crippen LogP contribution in [0.4, 0.5) is 0 Å². The van der Waals surface area contributed by atoms with E-state index in [1.165, 1.54) is 32.1 Å². The highest BCUT2D eigenvalue weighted by molar-refractivity contribution is 4.86. The highest BCUT2D eigenvalue weighted by atomic mass is 16.5. The van der Waals surface area contributed by atoms with Crippen molar-refractivity contribution in [3.63, 3.8) is 0 Å². The summed E-state index contributed by atoms with van der Waals surface area (Å²) in [6, 6.07) is 1.20. The van der Waals surface area contributed by atoms with Gasteiger partial charge >= 0.3 is 0 Å². The first-order valence-corrected chi connectivity index (χ1v) is 8.29. The molecule has 2 unspecified atom stereocenters. The van der Waals surface area contributed by atoms with Crippen molar-refractivity contribution in [2.45, 2.75) is 71.1 Å². The fourth-order valence-corrected chi connectivity index (χ4v) is 2.98. The van der Waals surface area contributed by atoms with Gasteiger partial charge in [-0.05, 0) is 45.6 Å². The van der Waals surface area contributed by atoms with Crippen LogP contribution in [-0.4, -0.2) is 49.3 Å². The van der Waals surface area contributed by atoms with E-state index in [-0.39, 0.29) is 0 Å². The molecule has 3 heteroatoms. The van der Waals surface area contributed by atoms with Crippen molar-refractivity contribution in [1.29, 1.82) is 0 Å². The van der Waals surface area contributed by atoms with Gasteiger partial charge in [0.2, 0.25) is 0 Å². The van der Waals surface area contributed by atoms with Gasteiger partial charge in [0.15, 0.2) is 0 Å². The molecular formula is C16H32N2O. The van der Waals surface area contributed by atoms with E-state index in [1.807, 2.05) is 0 Å². The Kier molecular flexibility index (Phi) is 6.11. The molecule has 2 atom stereocenters. The van der Waals surface area contributed by atoms with E-state index in [0.29, 0.717) is 18.2 Å². The molecule has 112 valence electrons. The summed E-state index contributed by atoms with van der Waals surface area (Å²) in [6.07, 6.45) is 7.21. The first-order chi connectivity index (χ1) is 9.20. The molecule has 1 aliphatic carbocycles. The lowest BCUT2D eigenvalue weighted by molar-refractivity contribution is -0.0568. The third-order valence-electron chi connectivity index (χ3n) is 4.54. The molecule has 1 aliphatic heterocycles. The quantitative estimate of drug-likeness (QED) is 0.732. The molecule has 1 heterocycles. The predicted molar refractivity (Wildman–Crippen MR) is 80.5 cm³/mol. The molecule has 0 aromatic rings. The zero-order valence-corrected chi connectivity index (χ0v) is 13.0. The van der Waals surface area contributed by atoms with Crippen molar-refractivity contribution >= 4 is 0 Å². The molecule has 2 aliphatic rings. The maximum Gasteiger partial charge on any atom is 0.0855 e. The fraction of sp³-hybridized carbons (Fsp3) is 1.00. The summed E-state index contributed by atoms with van der Waals surface area (Å²) < 4.78 is 6.07. The van der Waals surface area contributed by atoms with Crippen molar-refractivity contribution in [2.24, 2.45) is 5.92 Å². The Morgan fingerprint density at radius 1 is 1.32 bits per heavy atom. The number of nitrogens with zero attached hydrogens (tertiary/aromatic N) is 1. The largest absolute Gasteiger partial charge is 0.374 e. The molecule has 1 saturated carbocycles. The Balaban J connectivity index is 1.83. The van der Waals surface area contributed by atoms with E-state index in [2.05, 4.69) is 31.0 Å². The standard InChI is InChI=1S/C16H32N2O/c1-4-9-17-15(8-7-14-5-6-14)16-12-18(13(2)3)10-11-19-16/h13-17H,4-12H2,1-3H3. The molecule has 3 nitrogen and oxygen atoms in total. The first-order valence-electron chi connectivity index (χ1n) is 8.29. The Morgan fingerprint density at radius 3 is 2.74 bits per heavy atom. The lowest BCUT2D eigenvalue weighted by atomic mass is 10.0.